The van der Waals surface area contributed by atoms with Gasteiger partial charge in [0.25, 0.3) is 0 Å². The summed E-state index contributed by atoms with van der Waals surface area (Å²) in [4.78, 5) is 0. The van der Waals surface area contributed by atoms with Crippen molar-refractivity contribution in [2.75, 3.05) is 0 Å². The Morgan fingerprint density at radius 1 is 0.586 bits per heavy atom. The first-order chi connectivity index (χ1) is 12.0. The van der Waals surface area contributed by atoms with Crippen molar-refractivity contribution < 1.29 is 88.9 Å². The maximum atomic E-state index is 13.3. The summed E-state index contributed by atoms with van der Waals surface area (Å²) in [5.74, 6) is -28.9. The fourth-order valence-corrected chi connectivity index (χ4v) is 2.22. The molecule has 0 atom stereocenters. The normalized spacial score (nSPS) is 15.2. The predicted molar refractivity (Wildman–Crippen MR) is 63.6 cm³/mol. The summed E-state index contributed by atoms with van der Waals surface area (Å²) >= 11 is 0. The van der Waals surface area contributed by atoms with Gasteiger partial charge >= 0.3 is 54.0 Å². The fourth-order valence-electron chi connectivity index (χ4n) is 1.77. The van der Waals surface area contributed by atoms with Crippen molar-refractivity contribution in [3.05, 3.63) is 0 Å². The first kappa shape index (κ1) is 30.8. The van der Waals surface area contributed by atoms with E-state index in [1.54, 1.807) is 0 Å². The molecule has 29 heavy (non-hydrogen) atoms. The van der Waals surface area contributed by atoms with E-state index in [-0.39, 0.29) is 18.9 Å². The topological polar surface area (TPSA) is 57.2 Å². The molecule has 3 nitrogen and oxygen atoms in total. The molecular formula is C11H10F13LiO3S. The number of alkyl halides is 13. The zero-order valence-corrected chi connectivity index (χ0v) is 14.9. The summed E-state index contributed by atoms with van der Waals surface area (Å²) in [5, 5.41) is -7.38. The van der Waals surface area contributed by atoms with E-state index in [2.05, 4.69) is 0 Å². The second-order valence-corrected chi connectivity index (χ2v) is 7.00. The predicted octanol–water partition coefficient (Wildman–Crippen LogP) is 2.18. The molecule has 0 spiro atoms. The van der Waals surface area contributed by atoms with Crippen LogP contribution in [-0.4, -0.2) is 48.1 Å². The maximum absolute atomic E-state index is 13.3. The fraction of sp³-hybridized carbons (Fsp3) is 1.00. The van der Waals surface area contributed by atoms with Crippen molar-refractivity contribution in [2.45, 2.75) is 67.2 Å². The maximum Gasteiger partial charge on any atom is 1.00 e. The van der Waals surface area contributed by atoms with E-state index in [1.807, 2.05) is 0 Å². The molecule has 0 aromatic heterocycles. The summed E-state index contributed by atoms with van der Waals surface area (Å²) in [6.07, 6.45) is -11.9. The Morgan fingerprint density at radius 2 is 0.966 bits per heavy atom. The third-order valence-corrected chi connectivity index (χ3v) is 4.26. The molecule has 0 bridgehead atoms. The van der Waals surface area contributed by atoms with E-state index in [0.717, 1.165) is 0 Å². The van der Waals surface area contributed by atoms with Crippen molar-refractivity contribution in [3.63, 3.8) is 0 Å². The van der Waals surface area contributed by atoms with E-state index < -0.39 is 77.3 Å². The van der Waals surface area contributed by atoms with Crippen molar-refractivity contribution in [1.82, 2.24) is 0 Å². The Morgan fingerprint density at radius 3 is 1.31 bits per heavy atom. The molecule has 0 rings (SSSR count). The van der Waals surface area contributed by atoms with Gasteiger partial charge in [0, 0.05) is 12.8 Å². The summed E-state index contributed by atoms with van der Waals surface area (Å²) < 4.78 is 197. The van der Waals surface area contributed by atoms with Gasteiger partial charge in [0.05, 0.1) is 0 Å². The molecule has 0 unspecified atom stereocenters. The van der Waals surface area contributed by atoms with Crippen LogP contribution in [0.3, 0.4) is 0 Å². The van der Waals surface area contributed by atoms with E-state index in [9.17, 15) is 70.0 Å². The van der Waals surface area contributed by atoms with Gasteiger partial charge in [0.2, 0.25) is 0 Å². The minimum absolute atomic E-state index is 0. The molecule has 0 radical (unpaired) electrons. The van der Waals surface area contributed by atoms with Gasteiger partial charge in [-0.25, -0.2) is 8.42 Å². The van der Waals surface area contributed by atoms with Crippen LogP contribution in [0.2, 0.25) is 0 Å². The molecule has 0 aliphatic heterocycles. The van der Waals surface area contributed by atoms with Crippen LogP contribution >= 0.6 is 0 Å². The Labute approximate surface area is 166 Å². The summed E-state index contributed by atoms with van der Waals surface area (Å²) in [6.45, 7) is 0. The second-order valence-electron chi connectivity index (χ2n) is 5.57. The standard InChI is InChI=1S/C11H11F13O3S.Li/c12-6(13,4-2-1-3-5-7(14,15)16)8(17,18)9(19,20)10(21,22)11(23,24)28(25,26)27;/h1-5H2,(H,25,26,27);/q;+1/p-1. The summed E-state index contributed by atoms with van der Waals surface area (Å²) in [5.41, 5.74) is 0. The van der Waals surface area contributed by atoms with E-state index >= 15 is 0 Å². The van der Waals surface area contributed by atoms with Crippen molar-refractivity contribution >= 4 is 10.1 Å². The number of rotatable bonds is 10. The van der Waals surface area contributed by atoms with E-state index in [1.165, 1.54) is 0 Å². The van der Waals surface area contributed by atoms with Crippen molar-refractivity contribution in [2.24, 2.45) is 0 Å². The van der Waals surface area contributed by atoms with Crippen LogP contribution in [0.1, 0.15) is 32.1 Å². The second kappa shape index (κ2) is 8.99. The first-order valence-corrected chi connectivity index (χ1v) is 8.28. The molecule has 0 fully saturated rings. The van der Waals surface area contributed by atoms with E-state index in [4.69, 9.17) is 0 Å². The van der Waals surface area contributed by atoms with Gasteiger partial charge in [-0.05, 0) is 12.8 Å². The van der Waals surface area contributed by atoms with Crippen LogP contribution in [0.4, 0.5) is 57.1 Å². The van der Waals surface area contributed by atoms with Gasteiger partial charge in [-0.3, -0.25) is 0 Å². The molecule has 18 heteroatoms. The molecule has 0 N–H and O–H groups in total. The zero-order chi connectivity index (χ0) is 23.0. The Hall–Kier alpha value is -0.403. The summed E-state index contributed by atoms with van der Waals surface area (Å²) in [7, 11) is -7.69. The van der Waals surface area contributed by atoms with Crippen LogP contribution in [0, 0.1) is 0 Å². The largest absolute Gasteiger partial charge is 1.00 e. The molecule has 0 aromatic carbocycles. The monoisotopic (exact) mass is 476 g/mol. The zero-order valence-electron chi connectivity index (χ0n) is 14.1. The van der Waals surface area contributed by atoms with Gasteiger partial charge in [-0.2, -0.15) is 57.1 Å². The molecule has 0 amide bonds. The molecular weight excluding hydrogens is 466 g/mol. The SMILES string of the molecule is O=S(=O)([O-])C(F)(F)C(F)(F)C(F)(F)C(F)(F)C(F)(F)CCCCCC(F)(F)F.[Li+]. The average molecular weight is 476 g/mol. The number of hydrogen-bond acceptors (Lipinski definition) is 3. The van der Waals surface area contributed by atoms with E-state index in [0.29, 0.717) is 0 Å². The molecule has 0 aliphatic carbocycles. The van der Waals surface area contributed by atoms with Gasteiger partial charge in [0.15, 0.2) is 10.1 Å². The smallest absolute Gasteiger partial charge is 0.743 e. The van der Waals surface area contributed by atoms with Crippen LogP contribution in [-0.2, 0) is 10.1 Å². The number of hydrogen-bond donors (Lipinski definition) is 0. The third kappa shape index (κ3) is 6.07. The van der Waals surface area contributed by atoms with Crippen LogP contribution in [0.5, 0.6) is 0 Å². The first-order valence-electron chi connectivity index (χ1n) is 6.87. The van der Waals surface area contributed by atoms with Crippen LogP contribution in [0.25, 0.3) is 0 Å². The Kier molecular flexibility index (Phi) is 9.55. The van der Waals surface area contributed by atoms with Gasteiger partial charge in [-0.1, -0.05) is 6.42 Å². The Bertz CT molecular complexity index is 645. The number of halogens is 13. The Balaban J connectivity index is 0. The number of unbranched alkanes of at least 4 members (excludes halogenated alkanes) is 2. The van der Waals surface area contributed by atoms with Crippen molar-refractivity contribution in [3.8, 4) is 0 Å². The molecule has 0 aromatic rings. The molecule has 170 valence electrons. The molecule has 0 saturated carbocycles. The van der Waals surface area contributed by atoms with Gasteiger partial charge in [0.1, 0.15) is 0 Å². The summed E-state index contributed by atoms with van der Waals surface area (Å²) in [6, 6.07) is 0. The molecule has 0 heterocycles. The molecule has 0 aliphatic rings. The third-order valence-electron chi connectivity index (χ3n) is 3.38. The van der Waals surface area contributed by atoms with Gasteiger partial charge < -0.3 is 4.55 Å². The van der Waals surface area contributed by atoms with Crippen LogP contribution in [0.15, 0.2) is 0 Å². The molecule has 0 saturated heterocycles. The van der Waals surface area contributed by atoms with Gasteiger partial charge in [-0.15, -0.1) is 0 Å². The minimum Gasteiger partial charge on any atom is -0.743 e. The van der Waals surface area contributed by atoms with Crippen LogP contribution < -0.4 is 18.9 Å². The quantitative estimate of drug-likeness (QED) is 0.210. The average Bonchev–Trinajstić information content (AvgIpc) is 2.43. The minimum atomic E-state index is -7.75. The van der Waals surface area contributed by atoms with Crippen molar-refractivity contribution in [1.29, 1.82) is 0 Å².